The fraction of sp³-hybridized carbons (Fsp3) is 0.938. The molecule has 0 bridgehead atoms. The van der Waals surface area contributed by atoms with Gasteiger partial charge in [0.1, 0.15) is 0 Å². The number of nitrogens with zero attached hydrogens (tertiary/aromatic N) is 1. The molecule has 0 heterocycles. The van der Waals surface area contributed by atoms with Gasteiger partial charge in [-0.3, -0.25) is 0 Å². The Hall–Kier alpha value is 1.28. The number of hydrogen-bond acceptors (Lipinski definition) is 1. The molecule has 0 aliphatic heterocycles. The first-order chi connectivity index (χ1) is 8.52. The van der Waals surface area contributed by atoms with Crippen LogP contribution in [0.4, 0.5) is 0 Å². The van der Waals surface area contributed by atoms with Gasteiger partial charge in [0.2, 0.25) is 0 Å². The molecule has 2 fully saturated rings. The topological polar surface area (TPSA) is 3.24 Å². The normalized spacial score (nSPS) is 20.8. The Labute approximate surface area is 140 Å². The number of rotatable bonds is 2. The molecular formula is C16H35FeNSn+2. The largest absolute Gasteiger partial charge is 2.00 e. The van der Waals surface area contributed by atoms with Crippen LogP contribution in [0.5, 0.6) is 0 Å². The average Bonchev–Trinajstić information content (AvgIpc) is 2.89. The Morgan fingerprint density at radius 1 is 0.947 bits per heavy atom. The second-order valence-electron chi connectivity index (χ2n) is 6.46. The Morgan fingerprint density at radius 3 is 1.63 bits per heavy atom. The monoisotopic (exact) mass is 417 g/mol. The van der Waals surface area contributed by atoms with Crippen LogP contribution in [0.1, 0.15) is 51.4 Å². The fourth-order valence-electron chi connectivity index (χ4n) is 2.37. The molecule has 0 aromatic carbocycles. The quantitative estimate of drug-likeness (QED) is 0.459. The van der Waals surface area contributed by atoms with Crippen LogP contribution < -0.4 is 0 Å². The Morgan fingerprint density at radius 2 is 1.37 bits per heavy atom. The minimum Gasteiger partial charge on any atom is 2.00 e. The summed E-state index contributed by atoms with van der Waals surface area (Å²) in [6.45, 7) is 1.25. The van der Waals surface area contributed by atoms with Gasteiger partial charge in [0, 0.05) is 0 Å². The average molecular weight is 416 g/mol. The predicted octanol–water partition coefficient (Wildman–Crippen LogP) is 4.87. The molecule has 0 aromatic rings. The maximum atomic E-state index is 2.46. The van der Waals surface area contributed by atoms with Crippen LogP contribution in [0.2, 0.25) is 14.8 Å². The molecule has 0 saturated heterocycles. The Kier molecular flexibility index (Phi) is 18.6. The summed E-state index contributed by atoms with van der Waals surface area (Å²) >= 11 is -0.543. The third-order valence-corrected chi connectivity index (χ3v) is 3.13. The van der Waals surface area contributed by atoms with Gasteiger partial charge in [0.05, 0.1) is 0 Å². The van der Waals surface area contributed by atoms with E-state index in [-0.39, 0.29) is 17.1 Å². The summed E-state index contributed by atoms with van der Waals surface area (Å²) < 4.78 is 0. The van der Waals surface area contributed by atoms with E-state index in [1.54, 1.807) is 0 Å². The molecular weight excluding hydrogens is 381 g/mol. The minimum atomic E-state index is -0.543. The third kappa shape index (κ3) is 19.3. The van der Waals surface area contributed by atoms with Gasteiger partial charge in [0.25, 0.3) is 0 Å². The van der Waals surface area contributed by atoms with Crippen molar-refractivity contribution in [3.05, 3.63) is 6.42 Å². The van der Waals surface area contributed by atoms with Gasteiger partial charge in [-0.15, -0.1) is 0 Å². The predicted molar refractivity (Wildman–Crippen MR) is 86.6 cm³/mol. The first-order valence-corrected chi connectivity index (χ1v) is 16.3. The van der Waals surface area contributed by atoms with Crippen molar-refractivity contribution in [2.24, 2.45) is 5.92 Å². The molecule has 114 valence electrons. The summed E-state index contributed by atoms with van der Waals surface area (Å²) in [5.74, 6) is 0.889. The van der Waals surface area contributed by atoms with Gasteiger partial charge in [0.15, 0.2) is 0 Å². The zero-order valence-electron chi connectivity index (χ0n) is 13.8. The van der Waals surface area contributed by atoms with Gasteiger partial charge in [-0.1, -0.05) is 44.9 Å². The van der Waals surface area contributed by atoms with Gasteiger partial charge in [-0.2, -0.15) is 12.3 Å². The van der Waals surface area contributed by atoms with Gasteiger partial charge < -0.3 is 11.3 Å². The van der Waals surface area contributed by atoms with Crippen LogP contribution in [0.3, 0.4) is 0 Å². The molecule has 0 spiro atoms. The van der Waals surface area contributed by atoms with Crippen molar-refractivity contribution in [1.82, 2.24) is 4.90 Å². The minimum absolute atomic E-state index is 0. The molecule has 0 N–H and O–H groups in total. The summed E-state index contributed by atoms with van der Waals surface area (Å²) in [7, 11) is 4.29. The zero-order valence-corrected chi connectivity index (χ0v) is 17.8. The van der Waals surface area contributed by atoms with E-state index in [1.807, 2.05) is 0 Å². The number of hydrogen-bond donors (Lipinski definition) is 0. The summed E-state index contributed by atoms with van der Waals surface area (Å²) in [5, 5.41) is 0. The fourth-order valence-corrected chi connectivity index (χ4v) is 2.37. The van der Waals surface area contributed by atoms with Crippen LogP contribution in [-0.2, 0) is 17.1 Å². The molecule has 0 radical (unpaired) electrons. The maximum absolute atomic E-state index is 2.46. The molecule has 2 rings (SSSR count). The molecule has 2 aliphatic carbocycles. The van der Waals surface area contributed by atoms with Crippen LogP contribution in [0, 0.1) is 12.3 Å². The van der Waals surface area contributed by atoms with E-state index in [9.17, 15) is 0 Å². The zero-order chi connectivity index (χ0) is 13.8. The summed E-state index contributed by atoms with van der Waals surface area (Å²) in [6, 6.07) is 0. The van der Waals surface area contributed by atoms with Crippen LogP contribution >= 0.6 is 0 Å². The van der Waals surface area contributed by atoms with E-state index < -0.39 is 19.8 Å². The van der Waals surface area contributed by atoms with E-state index in [1.165, 1.54) is 57.9 Å². The maximum Gasteiger partial charge on any atom is 2.00 e. The van der Waals surface area contributed by atoms with E-state index in [0.717, 1.165) is 5.92 Å². The van der Waals surface area contributed by atoms with Crippen molar-refractivity contribution < 1.29 is 17.1 Å². The van der Waals surface area contributed by atoms with E-state index >= 15 is 0 Å². The smallest absolute Gasteiger partial charge is 2.00 e. The Balaban J connectivity index is 0. The van der Waals surface area contributed by atoms with Crippen molar-refractivity contribution in [1.29, 1.82) is 0 Å². The standard InChI is InChI=1S/C8H16N.C5H10.3CH3.Fe.Sn/c1-9(2)7-8-5-3-4-6-8;1-2-4-5-3-1;;;;;/h5,8H,3-4,6-7H2,1-2H3;1-5H2;3*1H3;;/q-1;;;;;+2;+1. The first kappa shape index (κ1) is 22.6. The van der Waals surface area contributed by atoms with E-state index in [0.29, 0.717) is 0 Å². The van der Waals surface area contributed by atoms with Crippen LogP contribution in [0.25, 0.3) is 0 Å². The van der Waals surface area contributed by atoms with Crippen molar-refractivity contribution in [2.75, 3.05) is 20.6 Å². The van der Waals surface area contributed by atoms with E-state index in [2.05, 4.69) is 40.2 Å². The van der Waals surface area contributed by atoms with Crippen molar-refractivity contribution in [3.8, 4) is 0 Å². The molecule has 0 amide bonds. The molecule has 2 saturated carbocycles. The molecule has 3 heteroatoms. The molecule has 2 aliphatic rings. The summed E-state index contributed by atoms with van der Waals surface area (Å²) in [5.41, 5.74) is 0. The molecule has 1 atom stereocenters. The van der Waals surface area contributed by atoms with Gasteiger partial charge >= 0.3 is 51.6 Å². The van der Waals surface area contributed by atoms with Gasteiger partial charge in [-0.25, -0.2) is 0 Å². The SMILES string of the molecule is C1CCCC1.CN(C)CC1[CH-]CCC1.[CH3][Sn+]([CH3])[CH3].[Fe+2]. The van der Waals surface area contributed by atoms with Gasteiger partial charge in [-0.05, 0) is 20.6 Å². The third-order valence-electron chi connectivity index (χ3n) is 3.13. The molecule has 1 unspecified atom stereocenters. The van der Waals surface area contributed by atoms with E-state index in [4.69, 9.17) is 0 Å². The van der Waals surface area contributed by atoms with Crippen LogP contribution in [-0.4, -0.2) is 45.3 Å². The first-order valence-electron chi connectivity index (χ1n) is 7.77. The molecule has 19 heavy (non-hydrogen) atoms. The van der Waals surface area contributed by atoms with Crippen molar-refractivity contribution in [3.63, 3.8) is 0 Å². The second kappa shape index (κ2) is 15.7. The second-order valence-corrected chi connectivity index (χ2v) is 15.0. The van der Waals surface area contributed by atoms with Crippen molar-refractivity contribution in [2.45, 2.75) is 66.2 Å². The summed E-state index contributed by atoms with van der Waals surface area (Å²) in [4.78, 5) is 9.36. The Bertz CT molecular complexity index is 154. The molecule has 0 aromatic heterocycles. The van der Waals surface area contributed by atoms with Crippen molar-refractivity contribution >= 4 is 19.8 Å². The summed E-state index contributed by atoms with van der Waals surface area (Å²) in [6.07, 6.45) is 14.1. The molecule has 1 nitrogen and oxygen atoms in total. The van der Waals surface area contributed by atoms with Crippen LogP contribution in [0.15, 0.2) is 0 Å².